The van der Waals surface area contributed by atoms with Crippen molar-refractivity contribution in [2.45, 2.75) is 19.3 Å². The van der Waals surface area contributed by atoms with Crippen molar-refractivity contribution in [2.75, 3.05) is 31.6 Å². The van der Waals surface area contributed by atoms with Gasteiger partial charge >= 0.3 is 0 Å². The number of hydrogen-bond donors (Lipinski definition) is 1. The number of aryl methyl sites for hydroxylation is 1. The number of para-hydroxylation sites is 1. The van der Waals surface area contributed by atoms with E-state index in [9.17, 15) is 4.79 Å². The second-order valence-corrected chi connectivity index (χ2v) is 7.61. The number of amides is 1. The molecule has 1 atom stereocenters. The van der Waals surface area contributed by atoms with E-state index >= 15 is 0 Å². The number of benzene rings is 2. The van der Waals surface area contributed by atoms with E-state index in [1.807, 2.05) is 30.3 Å². The van der Waals surface area contributed by atoms with Crippen molar-refractivity contribution in [3.05, 3.63) is 58.6 Å². The van der Waals surface area contributed by atoms with Crippen LogP contribution < -0.4 is 15.0 Å². The Morgan fingerprint density at radius 2 is 2.12 bits per heavy atom. The van der Waals surface area contributed by atoms with E-state index in [0.29, 0.717) is 18.8 Å². The van der Waals surface area contributed by atoms with Gasteiger partial charge in [-0.2, -0.15) is 0 Å². The summed E-state index contributed by atoms with van der Waals surface area (Å²) in [6.45, 7) is 2.77. The Kier molecular flexibility index (Phi) is 6.56. The standard InChI is InChI=1S/C21H25BrN2O2/c1-26-20-8-3-2-5-17(20)9-10-21(25)23-14-16-11-12-24(15-16)19-7-4-6-18(22)13-19/h2-8,13,16H,9-12,14-15H2,1H3,(H,23,25). The van der Waals surface area contributed by atoms with Crippen LogP contribution in [0.1, 0.15) is 18.4 Å². The van der Waals surface area contributed by atoms with Gasteiger partial charge in [0, 0.05) is 36.2 Å². The number of methoxy groups -OCH3 is 1. The van der Waals surface area contributed by atoms with E-state index in [-0.39, 0.29) is 5.91 Å². The summed E-state index contributed by atoms with van der Waals surface area (Å²) in [4.78, 5) is 14.6. The Labute approximate surface area is 163 Å². The largest absolute Gasteiger partial charge is 0.496 e. The summed E-state index contributed by atoms with van der Waals surface area (Å²) in [5.41, 5.74) is 2.32. The smallest absolute Gasteiger partial charge is 0.220 e. The number of nitrogens with one attached hydrogen (secondary N) is 1. The van der Waals surface area contributed by atoms with Crippen LogP contribution in [0.5, 0.6) is 5.75 Å². The van der Waals surface area contributed by atoms with Crippen LogP contribution >= 0.6 is 15.9 Å². The molecule has 1 amide bonds. The zero-order valence-corrected chi connectivity index (χ0v) is 16.7. The zero-order chi connectivity index (χ0) is 18.4. The molecule has 138 valence electrons. The summed E-state index contributed by atoms with van der Waals surface area (Å²) in [5.74, 6) is 1.46. The first-order valence-electron chi connectivity index (χ1n) is 9.05. The minimum atomic E-state index is 0.108. The van der Waals surface area contributed by atoms with Crippen molar-refractivity contribution in [1.82, 2.24) is 5.32 Å². The van der Waals surface area contributed by atoms with Crippen molar-refractivity contribution in [2.24, 2.45) is 5.92 Å². The van der Waals surface area contributed by atoms with Gasteiger partial charge in [0.1, 0.15) is 5.75 Å². The molecular formula is C21H25BrN2O2. The second kappa shape index (κ2) is 9.08. The average molecular weight is 417 g/mol. The summed E-state index contributed by atoms with van der Waals surface area (Å²) in [6.07, 6.45) is 2.30. The number of nitrogens with zero attached hydrogens (tertiary/aromatic N) is 1. The number of anilines is 1. The third kappa shape index (κ3) is 5.01. The molecule has 0 aliphatic carbocycles. The number of hydrogen-bond acceptors (Lipinski definition) is 3. The molecule has 4 nitrogen and oxygen atoms in total. The monoisotopic (exact) mass is 416 g/mol. The lowest BCUT2D eigenvalue weighted by molar-refractivity contribution is -0.121. The minimum Gasteiger partial charge on any atom is -0.496 e. The van der Waals surface area contributed by atoms with Gasteiger partial charge in [-0.15, -0.1) is 0 Å². The fourth-order valence-electron chi connectivity index (χ4n) is 3.41. The van der Waals surface area contributed by atoms with Gasteiger partial charge < -0.3 is 15.0 Å². The summed E-state index contributed by atoms with van der Waals surface area (Å²) >= 11 is 3.53. The molecule has 1 N–H and O–H groups in total. The second-order valence-electron chi connectivity index (χ2n) is 6.70. The number of ether oxygens (including phenoxy) is 1. The fraction of sp³-hybridized carbons (Fsp3) is 0.381. The molecule has 1 aliphatic rings. The van der Waals surface area contributed by atoms with E-state index in [2.05, 4.69) is 44.3 Å². The molecule has 1 heterocycles. The highest BCUT2D eigenvalue weighted by atomic mass is 79.9. The molecule has 26 heavy (non-hydrogen) atoms. The molecular weight excluding hydrogens is 392 g/mol. The highest BCUT2D eigenvalue weighted by molar-refractivity contribution is 9.10. The van der Waals surface area contributed by atoms with Gasteiger partial charge in [0.05, 0.1) is 7.11 Å². The molecule has 0 spiro atoms. The Balaban J connectivity index is 1.42. The van der Waals surface area contributed by atoms with Crippen LogP contribution in [-0.2, 0) is 11.2 Å². The van der Waals surface area contributed by atoms with Gasteiger partial charge in [0.15, 0.2) is 0 Å². The van der Waals surface area contributed by atoms with Gasteiger partial charge in [-0.05, 0) is 48.6 Å². The van der Waals surface area contributed by atoms with E-state index < -0.39 is 0 Å². The quantitative estimate of drug-likeness (QED) is 0.740. The van der Waals surface area contributed by atoms with E-state index in [4.69, 9.17) is 4.74 Å². The van der Waals surface area contributed by atoms with Gasteiger partial charge in [-0.1, -0.05) is 40.2 Å². The molecule has 2 aromatic carbocycles. The highest BCUT2D eigenvalue weighted by Crippen LogP contribution is 2.26. The van der Waals surface area contributed by atoms with Gasteiger partial charge in [-0.3, -0.25) is 4.79 Å². The number of halogens is 1. The highest BCUT2D eigenvalue weighted by Gasteiger charge is 2.23. The predicted molar refractivity (Wildman–Crippen MR) is 109 cm³/mol. The molecule has 3 rings (SSSR count). The maximum atomic E-state index is 12.2. The van der Waals surface area contributed by atoms with Crippen molar-refractivity contribution in [3.63, 3.8) is 0 Å². The number of carbonyl (C=O) groups excluding carboxylic acids is 1. The Morgan fingerprint density at radius 3 is 2.92 bits per heavy atom. The Morgan fingerprint density at radius 1 is 1.27 bits per heavy atom. The lowest BCUT2D eigenvalue weighted by Gasteiger charge is -2.19. The molecule has 0 saturated carbocycles. The normalized spacial score (nSPS) is 16.5. The van der Waals surface area contributed by atoms with Crippen LogP contribution in [0.2, 0.25) is 0 Å². The van der Waals surface area contributed by atoms with Crippen LogP contribution in [-0.4, -0.2) is 32.7 Å². The summed E-state index contributed by atoms with van der Waals surface area (Å²) in [7, 11) is 1.66. The molecule has 5 heteroatoms. The van der Waals surface area contributed by atoms with Crippen LogP contribution in [0.4, 0.5) is 5.69 Å². The van der Waals surface area contributed by atoms with Crippen molar-refractivity contribution in [1.29, 1.82) is 0 Å². The summed E-state index contributed by atoms with van der Waals surface area (Å²) in [5, 5.41) is 3.10. The Bertz CT molecular complexity index is 750. The molecule has 0 aromatic heterocycles. The van der Waals surface area contributed by atoms with Crippen molar-refractivity contribution < 1.29 is 9.53 Å². The molecule has 2 aromatic rings. The molecule has 0 radical (unpaired) electrons. The SMILES string of the molecule is COc1ccccc1CCC(=O)NCC1CCN(c2cccc(Br)c2)C1. The van der Waals surface area contributed by atoms with E-state index in [0.717, 1.165) is 41.8 Å². The number of carbonyl (C=O) groups is 1. The van der Waals surface area contributed by atoms with E-state index in [1.165, 1.54) is 5.69 Å². The van der Waals surface area contributed by atoms with Crippen LogP contribution in [0.3, 0.4) is 0 Å². The van der Waals surface area contributed by atoms with E-state index in [1.54, 1.807) is 7.11 Å². The lowest BCUT2D eigenvalue weighted by atomic mass is 10.1. The van der Waals surface area contributed by atoms with Gasteiger partial charge in [0.2, 0.25) is 5.91 Å². The minimum absolute atomic E-state index is 0.108. The fourth-order valence-corrected chi connectivity index (χ4v) is 3.80. The van der Waals surface area contributed by atoms with Crippen molar-refractivity contribution in [3.8, 4) is 5.75 Å². The third-order valence-electron chi connectivity index (χ3n) is 4.86. The van der Waals surface area contributed by atoms with Crippen LogP contribution in [0.15, 0.2) is 53.0 Å². The first-order valence-corrected chi connectivity index (χ1v) is 9.84. The zero-order valence-electron chi connectivity index (χ0n) is 15.1. The maximum absolute atomic E-state index is 12.2. The number of rotatable bonds is 7. The molecule has 1 fully saturated rings. The average Bonchev–Trinajstić information content (AvgIpc) is 3.14. The molecule has 1 unspecified atom stereocenters. The summed E-state index contributed by atoms with van der Waals surface area (Å²) in [6, 6.07) is 16.3. The summed E-state index contributed by atoms with van der Waals surface area (Å²) < 4.78 is 6.44. The molecule has 1 saturated heterocycles. The third-order valence-corrected chi connectivity index (χ3v) is 5.35. The first kappa shape index (κ1) is 18.8. The van der Waals surface area contributed by atoms with Crippen LogP contribution in [0.25, 0.3) is 0 Å². The van der Waals surface area contributed by atoms with Gasteiger partial charge in [0.25, 0.3) is 0 Å². The van der Waals surface area contributed by atoms with Crippen molar-refractivity contribution >= 4 is 27.5 Å². The van der Waals surface area contributed by atoms with Crippen LogP contribution in [0, 0.1) is 5.92 Å². The topological polar surface area (TPSA) is 41.6 Å². The lowest BCUT2D eigenvalue weighted by Crippen LogP contribution is -2.31. The maximum Gasteiger partial charge on any atom is 0.220 e. The first-order chi connectivity index (χ1) is 12.7. The Hall–Kier alpha value is -2.01. The molecule has 1 aliphatic heterocycles. The molecule has 0 bridgehead atoms. The predicted octanol–water partition coefficient (Wildman–Crippen LogP) is 4.03. The van der Waals surface area contributed by atoms with Gasteiger partial charge in [-0.25, -0.2) is 0 Å².